The van der Waals surface area contributed by atoms with Gasteiger partial charge in [0, 0.05) is 13.2 Å². The van der Waals surface area contributed by atoms with Crippen LogP contribution in [-0.4, -0.2) is 19.7 Å². The van der Waals surface area contributed by atoms with Crippen LogP contribution in [0.3, 0.4) is 0 Å². The quantitative estimate of drug-likeness (QED) is 0.840. The van der Waals surface area contributed by atoms with Crippen molar-refractivity contribution in [3.63, 3.8) is 0 Å². The number of rotatable bonds is 4. The second kappa shape index (κ2) is 5.46. The van der Waals surface area contributed by atoms with Crippen LogP contribution in [0.5, 0.6) is 0 Å². The molecule has 1 saturated heterocycles. The van der Waals surface area contributed by atoms with Gasteiger partial charge in [0.2, 0.25) is 0 Å². The summed E-state index contributed by atoms with van der Waals surface area (Å²) in [4.78, 5) is 0. The molecule has 0 amide bonds. The van der Waals surface area contributed by atoms with Gasteiger partial charge in [-0.2, -0.15) is 0 Å². The monoisotopic (exact) mass is 219 g/mol. The molecule has 0 saturated carbocycles. The molecular formula is C14H21NO. The Balaban J connectivity index is 2.12. The van der Waals surface area contributed by atoms with Gasteiger partial charge in [0.25, 0.3) is 0 Å². The van der Waals surface area contributed by atoms with E-state index >= 15 is 0 Å². The molecule has 1 N–H and O–H groups in total. The second-order valence-electron chi connectivity index (χ2n) is 4.57. The highest BCUT2D eigenvalue weighted by Crippen LogP contribution is 2.23. The Bertz CT molecular complexity index is 331. The lowest BCUT2D eigenvalue weighted by atomic mass is 9.96. The van der Waals surface area contributed by atoms with Crippen molar-refractivity contribution in [1.29, 1.82) is 0 Å². The summed E-state index contributed by atoms with van der Waals surface area (Å²) in [6, 6.07) is 9.28. The van der Waals surface area contributed by atoms with Gasteiger partial charge in [-0.15, -0.1) is 0 Å². The summed E-state index contributed by atoms with van der Waals surface area (Å²) in [6.45, 7) is 3.29. The predicted molar refractivity (Wildman–Crippen MR) is 66.6 cm³/mol. The zero-order valence-corrected chi connectivity index (χ0v) is 10.2. The van der Waals surface area contributed by atoms with Crippen molar-refractivity contribution in [1.82, 2.24) is 5.32 Å². The molecule has 1 aromatic rings. The van der Waals surface area contributed by atoms with Crippen molar-refractivity contribution in [3.8, 4) is 0 Å². The van der Waals surface area contributed by atoms with Crippen molar-refractivity contribution >= 4 is 0 Å². The van der Waals surface area contributed by atoms with E-state index in [1.54, 1.807) is 7.11 Å². The van der Waals surface area contributed by atoms with Crippen LogP contribution in [0.1, 0.15) is 37.0 Å². The van der Waals surface area contributed by atoms with Crippen LogP contribution in [0.15, 0.2) is 24.3 Å². The molecule has 2 heteroatoms. The molecule has 1 fully saturated rings. The molecule has 0 aromatic heterocycles. The third-order valence-corrected chi connectivity index (χ3v) is 3.48. The molecule has 0 aliphatic carbocycles. The van der Waals surface area contributed by atoms with Crippen LogP contribution >= 0.6 is 0 Å². The minimum atomic E-state index is 0.192. The molecular weight excluding hydrogens is 198 g/mol. The zero-order chi connectivity index (χ0) is 11.4. The zero-order valence-electron chi connectivity index (χ0n) is 10.2. The number of methoxy groups -OCH3 is 1. The molecule has 0 spiro atoms. The molecule has 2 rings (SSSR count). The smallest absolute Gasteiger partial charge is 0.0795 e. The highest BCUT2D eigenvalue weighted by Gasteiger charge is 2.17. The SMILES string of the molecule is COC(C)c1ccccc1CC1CCCN1. The highest BCUT2D eigenvalue weighted by molar-refractivity contribution is 5.29. The molecule has 16 heavy (non-hydrogen) atoms. The van der Waals surface area contributed by atoms with Gasteiger partial charge in [-0.05, 0) is 43.9 Å². The third-order valence-electron chi connectivity index (χ3n) is 3.48. The van der Waals surface area contributed by atoms with Crippen molar-refractivity contribution in [3.05, 3.63) is 35.4 Å². The van der Waals surface area contributed by atoms with Crippen molar-refractivity contribution < 1.29 is 4.74 Å². The fourth-order valence-electron chi connectivity index (χ4n) is 2.44. The first kappa shape index (κ1) is 11.6. The molecule has 1 heterocycles. The second-order valence-corrected chi connectivity index (χ2v) is 4.57. The Morgan fingerprint density at radius 1 is 1.44 bits per heavy atom. The van der Waals surface area contributed by atoms with Crippen LogP contribution in [0, 0.1) is 0 Å². The van der Waals surface area contributed by atoms with E-state index in [1.807, 2.05) is 0 Å². The Labute approximate surface area is 98.0 Å². The largest absolute Gasteiger partial charge is 0.377 e. The lowest BCUT2D eigenvalue weighted by Crippen LogP contribution is -2.24. The fourth-order valence-corrected chi connectivity index (χ4v) is 2.44. The molecule has 0 radical (unpaired) electrons. The van der Waals surface area contributed by atoms with Crippen molar-refractivity contribution in [2.24, 2.45) is 0 Å². The van der Waals surface area contributed by atoms with Crippen molar-refractivity contribution in [2.75, 3.05) is 13.7 Å². The van der Waals surface area contributed by atoms with Crippen LogP contribution in [0.2, 0.25) is 0 Å². The van der Waals surface area contributed by atoms with E-state index in [2.05, 4.69) is 36.5 Å². The van der Waals surface area contributed by atoms with E-state index in [0.29, 0.717) is 6.04 Å². The molecule has 2 atom stereocenters. The predicted octanol–water partition coefficient (Wildman–Crippen LogP) is 2.69. The lowest BCUT2D eigenvalue weighted by molar-refractivity contribution is 0.118. The van der Waals surface area contributed by atoms with Gasteiger partial charge in [-0.25, -0.2) is 0 Å². The van der Waals surface area contributed by atoms with Crippen molar-refractivity contribution in [2.45, 2.75) is 38.3 Å². The van der Waals surface area contributed by atoms with Crippen LogP contribution in [-0.2, 0) is 11.2 Å². The van der Waals surface area contributed by atoms with Gasteiger partial charge >= 0.3 is 0 Å². The van der Waals surface area contributed by atoms with E-state index in [0.717, 1.165) is 6.42 Å². The number of ether oxygens (including phenoxy) is 1. The topological polar surface area (TPSA) is 21.3 Å². The van der Waals surface area contributed by atoms with Crippen LogP contribution < -0.4 is 5.32 Å². The molecule has 0 bridgehead atoms. The van der Waals surface area contributed by atoms with Gasteiger partial charge in [-0.1, -0.05) is 24.3 Å². The Hall–Kier alpha value is -0.860. The molecule has 2 unspecified atom stereocenters. The van der Waals surface area contributed by atoms with Crippen LogP contribution in [0.25, 0.3) is 0 Å². The van der Waals surface area contributed by atoms with E-state index < -0.39 is 0 Å². The van der Waals surface area contributed by atoms with E-state index in [9.17, 15) is 0 Å². The summed E-state index contributed by atoms with van der Waals surface area (Å²) < 4.78 is 5.42. The average molecular weight is 219 g/mol. The van der Waals surface area contributed by atoms with E-state index in [-0.39, 0.29) is 6.10 Å². The van der Waals surface area contributed by atoms with E-state index in [1.165, 1.54) is 30.5 Å². The highest BCUT2D eigenvalue weighted by atomic mass is 16.5. The van der Waals surface area contributed by atoms with Gasteiger partial charge in [0.15, 0.2) is 0 Å². The Morgan fingerprint density at radius 3 is 2.94 bits per heavy atom. The number of hydrogen-bond donors (Lipinski definition) is 1. The first-order valence-electron chi connectivity index (χ1n) is 6.15. The van der Waals surface area contributed by atoms with Crippen LogP contribution in [0.4, 0.5) is 0 Å². The maximum atomic E-state index is 5.42. The van der Waals surface area contributed by atoms with E-state index in [4.69, 9.17) is 4.74 Å². The summed E-state index contributed by atoms with van der Waals surface area (Å²) in [5.74, 6) is 0. The molecule has 1 aliphatic rings. The summed E-state index contributed by atoms with van der Waals surface area (Å²) in [5, 5.41) is 3.55. The normalized spacial score (nSPS) is 22.2. The fraction of sp³-hybridized carbons (Fsp3) is 0.571. The summed E-state index contributed by atoms with van der Waals surface area (Å²) in [5.41, 5.74) is 2.76. The maximum absolute atomic E-state index is 5.42. The van der Waals surface area contributed by atoms with Gasteiger partial charge in [0.05, 0.1) is 6.10 Å². The minimum absolute atomic E-state index is 0.192. The molecule has 2 nitrogen and oxygen atoms in total. The Morgan fingerprint density at radius 2 is 2.25 bits per heavy atom. The molecule has 1 aliphatic heterocycles. The third kappa shape index (κ3) is 2.63. The number of benzene rings is 1. The minimum Gasteiger partial charge on any atom is -0.377 e. The molecule has 1 aromatic carbocycles. The van der Waals surface area contributed by atoms with Gasteiger partial charge in [0.1, 0.15) is 0 Å². The maximum Gasteiger partial charge on any atom is 0.0795 e. The summed E-state index contributed by atoms with van der Waals surface area (Å²) >= 11 is 0. The van der Waals surface area contributed by atoms with Gasteiger partial charge < -0.3 is 10.1 Å². The van der Waals surface area contributed by atoms with Gasteiger partial charge in [-0.3, -0.25) is 0 Å². The number of nitrogens with one attached hydrogen (secondary N) is 1. The average Bonchev–Trinajstić information content (AvgIpc) is 2.82. The molecule has 88 valence electrons. The Kier molecular flexibility index (Phi) is 3.97. The summed E-state index contributed by atoms with van der Waals surface area (Å²) in [7, 11) is 1.77. The first-order valence-corrected chi connectivity index (χ1v) is 6.15. The standard InChI is InChI=1S/C14H21NO/c1-11(16-2)14-8-4-3-6-12(14)10-13-7-5-9-15-13/h3-4,6,8,11,13,15H,5,7,9-10H2,1-2H3. The summed E-state index contributed by atoms with van der Waals surface area (Å²) in [6.07, 6.45) is 3.93. The first-order chi connectivity index (χ1) is 7.81. The lowest BCUT2D eigenvalue weighted by Gasteiger charge is -2.17. The number of hydrogen-bond acceptors (Lipinski definition) is 2.